The minimum atomic E-state index is -0.0569. The molecule has 0 bridgehead atoms. The summed E-state index contributed by atoms with van der Waals surface area (Å²) in [6, 6.07) is 0. The summed E-state index contributed by atoms with van der Waals surface area (Å²) in [5.41, 5.74) is 0.368. The third-order valence-electron chi connectivity index (χ3n) is 2.68. The van der Waals surface area contributed by atoms with Gasteiger partial charge in [-0.3, -0.25) is 4.79 Å². The zero-order valence-corrected chi connectivity index (χ0v) is 9.94. The fourth-order valence-corrected chi connectivity index (χ4v) is 1.65. The first-order chi connectivity index (χ1) is 7.70. The zero-order valence-electron chi connectivity index (χ0n) is 9.19. The van der Waals surface area contributed by atoms with E-state index >= 15 is 0 Å². The van der Waals surface area contributed by atoms with Crippen molar-refractivity contribution in [2.24, 2.45) is 5.92 Å². The molecule has 4 nitrogen and oxygen atoms in total. The third kappa shape index (κ3) is 2.70. The molecule has 0 spiro atoms. The molecule has 5 heteroatoms. The zero-order chi connectivity index (χ0) is 11.5. The molecule has 0 atom stereocenters. The maximum Gasteiger partial charge on any atom is 0.274 e. The summed E-state index contributed by atoms with van der Waals surface area (Å²) < 4.78 is 0. The Bertz CT molecular complexity index is 375. The number of halogens is 1. The molecule has 0 unspecified atom stereocenters. The summed E-state index contributed by atoms with van der Waals surface area (Å²) in [7, 11) is 0. The second kappa shape index (κ2) is 4.78. The average Bonchev–Trinajstić information content (AvgIpc) is 3.10. The van der Waals surface area contributed by atoms with Gasteiger partial charge in [0.25, 0.3) is 5.91 Å². The quantitative estimate of drug-likeness (QED) is 0.808. The fraction of sp³-hybridized carbons (Fsp3) is 0.545. The van der Waals surface area contributed by atoms with Gasteiger partial charge in [0.15, 0.2) is 0 Å². The van der Waals surface area contributed by atoms with Gasteiger partial charge in [-0.25, -0.2) is 9.97 Å². The molecule has 0 aromatic carbocycles. The van der Waals surface area contributed by atoms with E-state index in [9.17, 15) is 4.79 Å². The summed E-state index contributed by atoms with van der Waals surface area (Å²) in [6.45, 7) is 3.52. The lowest BCUT2D eigenvalue weighted by molar-refractivity contribution is 0.0750. The van der Waals surface area contributed by atoms with Gasteiger partial charge in [0.05, 0.1) is 12.4 Å². The number of nitrogens with zero attached hydrogens (tertiary/aromatic N) is 3. The third-order valence-corrected chi connectivity index (χ3v) is 2.88. The number of rotatable bonds is 4. The van der Waals surface area contributed by atoms with Gasteiger partial charge in [-0.1, -0.05) is 11.6 Å². The van der Waals surface area contributed by atoms with Gasteiger partial charge in [-0.2, -0.15) is 0 Å². The van der Waals surface area contributed by atoms with Crippen LogP contribution in [0.3, 0.4) is 0 Å². The SMILES string of the molecule is CCN(CC1CC1)C(=O)c1cnc(Cl)cn1. The van der Waals surface area contributed by atoms with Crippen LogP contribution in [0.15, 0.2) is 12.4 Å². The van der Waals surface area contributed by atoms with E-state index in [4.69, 9.17) is 11.6 Å². The summed E-state index contributed by atoms with van der Waals surface area (Å²) in [5, 5.41) is 0.307. The van der Waals surface area contributed by atoms with Gasteiger partial charge in [-0.05, 0) is 25.7 Å². The fourth-order valence-electron chi connectivity index (χ4n) is 1.55. The van der Waals surface area contributed by atoms with E-state index in [1.54, 1.807) is 0 Å². The Kier molecular flexibility index (Phi) is 3.39. The van der Waals surface area contributed by atoms with E-state index in [-0.39, 0.29) is 5.91 Å². The van der Waals surface area contributed by atoms with Crippen LogP contribution in [0, 0.1) is 5.92 Å². The lowest BCUT2D eigenvalue weighted by atomic mass is 10.3. The van der Waals surface area contributed by atoms with Crippen LogP contribution < -0.4 is 0 Å². The number of carbonyl (C=O) groups is 1. The second-order valence-electron chi connectivity index (χ2n) is 4.01. The number of aromatic nitrogens is 2. The van der Waals surface area contributed by atoms with Crippen molar-refractivity contribution in [1.29, 1.82) is 0 Å². The van der Waals surface area contributed by atoms with Crippen LogP contribution in [-0.4, -0.2) is 33.9 Å². The monoisotopic (exact) mass is 239 g/mol. The Labute approximate surface area is 99.6 Å². The average molecular weight is 240 g/mol. The molecule has 0 aliphatic heterocycles. The molecule has 16 heavy (non-hydrogen) atoms. The van der Waals surface area contributed by atoms with Gasteiger partial charge in [0.2, 0.25) is 0 Å². The Balaban J connectivity index is 2.06. The Hall–Kier alpha value is -1.16. The topological polar surface area (TPSA) is 46.1 Å². The molecule has 1 aromatic rings. The number of carbonyl (C=O) groups excluding carboxylic acids is 1. The van der Waals surface area contributed by atoms with E-state index in [0.29, 0.717) is 23.3 Å². The minimum Gasteiger partial charge on any atom is -0.337 e. The van der Waals surface area contributed by atoms with Crippen molar-refractivity contribution in [1.82, 2.24) is 14.9 Å². The molecule has 2 rings (SSSR count). The molecule has 1 aliphatic rings. The molecule has 0 saturated heterocycles. The highest BCUT2D eigenvalue weighted by molar-refractivity contribution is 6.29. The lowest BCUT2D eigenvalue weighted by Crippen LogP contribution is -2.33. The van der Waals surface area contributed by atoms with E-state index < -0.39 is 0 Å². The molecule has 1 aliphatic carbocycles. The van der Waals surface area contributed by atoms with Crippen molar-refractivity contribution in [3.63, 3.8) is 0 Å². The Morgan fingerprint density at radius 2 is 2.25 bits per heavy atom. The predicted molar refractivity (Wildman–Crippen MR) is 61.3 cm³/mol. The van der Waals surface area contributed by atoms with E-state index in [1.165, 1.54) is 25.2 Å². The molecule has 86 valence electrons. The van der Waals surface area contributed by atoms with Crippen LogP contribution >= 0.6 is 11.6 Å². The van der Waals surface area contributed by atoms with E-state index in [1.807, 2.05) is 11.8 Å². The number of amides is 1. The molecule has 1 fully saturated rings. The summed E-state index contributed by atoms with van der Waals surface area (Å²) in [6.07, 6.45) is 5.30. The highest BCUT2D eigenvalue weighted by Gasteiger charge is 2.26. The van der Waals surface area contributed by atoms with Gasteiger partial charge >= 0.3 is 0 Å². The van der Waals surface area contributed by atoms with Crippen LogP contribution in [-0.2, 0) is 0 Å². The van der Waals surface area contributed by atoms with Crippen LogP contribution in [0.1, 0.15) is 30.3 Å². The molecule has 0 radical (unpaired) electrons. The second-order valence-corrected chi connectivity index (χ2v) is 4.40. The molecule has 0 N–H and O–H groups in total. The maximum absolute atomic E-state index is 12.0. The van der Waals surface area contributed by atoms with Gasteiger partial charge in [0, 0.05) is 13.1 Å². The van der Waals surface area contributed by atoms with Crippen molar-refractivity contribution in [3.8, 4) is 0 Å². The van der Waals surface area contributed by atoms with Crippen molar-refractivity contribution in [2.75, 3.05) is 13.1 Å². The highest BCUT2D eigenvalue weighted by Crippen LogP contribution is 2.29. The van der Waals surface area contributed by atoms with Crippen molar-refractivity contribution < 1.29 is 4.79 Å². The van der Waals surface area contributed by atoms with Crippen molar-refractivity contribution in [2.45, 2.75) is 19.8 Å². The lowest BCUT2D eigenvalue weighted by Gasteiger charge is -2.19. The van der Waals surface area contributed by atoms with Gasteiger partial charge < -0.3 is 4.90 Å². The Morgan fingerprint density at radius 3 is 2.75 bits per heavy atom. The van der Waals surface area contributed by atoms with E-state index in [0.717, 1.165) is 6.54 Å². The normalized spacial score (nSPS) is 14.9. The summed E-state index contributed by atoms with van der Waals surface area (Å²) >= 11 is 5.63. The first-order valence-corrected chi connectivity index (χ1v) is 5.85. The van der Waals surface area contributed by atoms with Crippen LogP contribution in [0.2, 0.25) is 5.15 Å². The molecular weight excluding hydrogens is 226 g/mol. The molecule has 1 saturated carbocycles. The molecule has 1 amide bonds. The highest BCUT2D eigenvalue weighted by atomic mass is 35.5. The van der Waals surface area contributed by atoms with Crippen molar-refractivity contribution >= 4 is 17.5 Å². The first-order valence-electron chi connectivity index (χ1n) is 5.47. The summed E-state index contributed by atoms with van der Waals surface area (Å²) in [5.74, 6) is 0.628. The Morgan fingerprint density at radius 1 is 1.50 bits per heavy atom. The number of hydrogen-bond donors (Lipinski definition) is 0. The molecule has 1 heterocycles. The van der Waals surface area contributed by atoms with Crippen LogP contribution in [0.25, 0.3) is 0 Å². The molecular formula is C11H14ClN3O. The standard InChI is InChI=1S/C11H14ClN3O/c1-2-15(7-8-3-4-8)11(16)9-5-14-10(12)6-13-9/h5-6,8H,2-4,7H2,1H3. The molecule has 1 aromatic heterocycles. The van der Waals surface area contributed by atoms with Gasteiger partial charge in [0.1, 0.15) is 10.8 Å². The largest absolute Gasteiger partial charge is 0.337 e. The van der Waals surface area contributed by atoms with E-state index in [2.05, 4.69) is 9.97 Å². The maximum atomic E-state index is 12.0. The minimum absolute atomic E-state index is 0.0569. The van der Waals surface area contributed by atoms with Gasteiger partial charge in [-0.15, -0.1) is 0 Å². The van der Waals surface area contributed by atoms with Crippen LogP contribution in [0.5, 0.6) is 0 Å². The van der Waals surface area contributed by atoms with Crippen molar-refractivity contribution in [3.05, 3.63) is 23.2 Å². The predicted octanol–water partition coefficient (Wildman–Crippen LogP) is 2.00. The smallest absolute Gasteiger partial charge is 0.274 e. The number of hydrogen-bond acceptors (Lipinski definition) is 3. The first kappa shape index (κ1) is 11.3. The summed E-state index contributed by atoms with van der Waals surface area (Å²) in [4.78, 5) is 21.7. The van der Waals surface area contributed by atoms with Crippen LogP contribution in [0.4, 0.5) is 0 Å².